The number of ketones is 1. The lowest BCUT2D eigenvalue weighted by atomic mass is 9.92. The molecule has 4 heteroatoms. The first-order chi connectivity index (χ1) is 13.1. The van der Waals surface area contributed by atoms with Crippen LogP contribution >= 0.6 is 15.9 Å². The number of furan rings is 1. The Morgan fingerprint density at radius 1 is 1.07 bits per heavy atom. The molecule has 0 aliphatic heterocycles. The van der Waals surface area contributed by atoms with Crippen LogP contribution in [0.15, 0.2) is 81.9 Å². The van der Waals surface area contributed by atoms with E-state index in [-0.39, 0.29) is 5.78 Å². The number of nitrogens with zero attached hydrogens (tertiary/aromatic N) is 1. The van der Waals surface area contributed by atoms with Gasteiger partial charge >= 0.3 is 0 Å². The van der Waals surface area contributed by atoms with Gasteiger partial charge in [-0.1, -0.05) is 46.3 Å². The zero-order chi connectivity index (χ0) is 18.8. The normalized spacial score (nSPS) is 11.3. The summed E-state index contributed by atoms with van der Waals surface area (Å²) in [7, 11) is 0. The summed E-state index contributed by atoms with van der Waals surface area (Å²) < 4.78 is 6.24. The number of benzene rings is 2. The van der Waals surface area contributed by atoms with Crippen LogP contribution in [0, 0.1) is 6.92 Å². The fraction of sp³-hybridized carbons (Fsp3) is 0.0435. The molecule has 3 nitrogen and oxygen atoms in total. The standard InChI is InChI=1S/C23H16BrNO2/c1-15-22(21(26)12-10-18-8-5-13-27-18)23(16-6-3-2-4-7-16)19-14-17(24)9-11-20(19)25-15/h2-14H,1H3. The molecular weight excluding hydrogens is 402 g/mol. The SMILES string of the molecule is Cc1nc2ccc(Br)cc2c(-c2ccccc2)c1C(=O)C=Cc1ccco1. The molecule has 2 heterocycles. The van der Waals surface area contributed by atoms with Gasteiger partial charge in [0.25, 0.3) is 0 Å². The molecule has 4 aromatic rings. The molecule has 0 aliphatic rings. The van der Waals surface area contributed by atoms with Crippen LogP contribution in [0.4, 0.5) is 0 Å². The van der Waals surface area contributed by atoms with Crippen molar-refractivity contribution in [3.05, 3.63) is 94.5 Å². The minimum absolute atomic E-state index is 0.0999. The van der Waals surface area contributed by atoms with E-state index in [2.05, 4.69) is 20.9 Å². The topological polar surface area (TPSA) is 43.1 Å². The van der Waals surface area contributed by atoms with Crippen LogP contribution in [0.2, 0.25) is 0 Å². The van der Waals surface area contributed by atoms with Crippen LogP contribution in [-0.2, 0) is 0 Å². The first kappa shape index (κ1) is 17.4. The van der Waals surface area contributed by atoms with Crippen molar-refractivity contribution in [3.63, 3.8) is 0 Å². The lowest BCUT2D eigenvalue weighted by molar-refractivity contribution is 0.104. The number of hydrogen-bond donors (Lipinski definition) is 0. The number of allylic oxidation sites excluding steroid dienone is 1. The summed E-state index contributed by atoms with van der Waals surface area (Å²) in [6.45, 7) is 1.88. The van der Waals surface area contributed by atoms with Crippen LogP contribution in [0.5, 0.6) is 0 Å². The van der Waals surface area contributed by atoms with Gasteiger partial charge in [-0.05, 0) is 55.0 Å². The maximum absolute atomic E-state index is 13.1. The Bertz CT molecular complexity index is 1150. The van der Waals surface area contributed by atoms with Crippen molar-refractivity contribution in [2.45, 2.75) is 6.92 Å². The van der Waals surface area contributed by atoms with E-state index in [4.69, 9.17) is 4.42 Å². The first-order valence-electron chi connectivity index (χ1n) is 8.54. The van der Waals surface area contributed by atoms with Crippen molar-refractivity contribution < 1.29 is 9.21 Å². The molecule has 0 atom stereocenters. The summed E-state index contributed by atoms with van der Waals surface area (Å²) in [4.78, 5) is 17.8. The van der Waals surface area contributed by atoms with Gasteiger partial charge in [-0.2, -0.15) is 0 Å². The summed E-state index contributed by atoms with van der Waals surface area (Å²) in [5.41, 5.74) is 4.06. The van der Waals surface area contributed by atoms with Crippen LogP contribution in [-0.4, -0.2) is 10.8 Å². The van der Waals surface area contributed by atoms with Gasteiger partial charge in [0.05, 0.1) is 17.3 Å². The fourth-order valence-electron chi connectivity index (χ4n) is 3.19. The number of carbonyl (C=O) groups is 1. The van der Waals surface area contributed by atoms with Crippen molar-refractivity contribution >= 4 is 38.7 Å². The summed E-state index contributed by atoms with van der Waals surface area (Å²) in [5, 5.41) is 0.941. The van der Waals surface area contributed by atoms with Gasteiger partial charge in [0.2, 0.25) is 0 Å². The molecular formula is C23H16BrNO2. The maximum Gasteiger partial charge on any atom is 0.188 e. The molecule has 0 radical (unpaired) electrons. The van der Waals surface area contributed by atoms with Gasteiger partial charge in [-0.15, -0.1) is 0 Å². The summed E-state index contributed by atoms with van der Waals surface area (Å²) in [5.74, 6) is 0.538. The second kappa shape index (κ2) is 7.33. The number of fused-ring (bicyclic) bond motifs is 1. The molecule has 0 N–H and O–H groups in total. The highest BCUT2D eigenvalue weighted by Crippen LogP contribution is 2.35. The molecule has 0 saturated heterocycles. The van der Waals surface area contributed by atoms with Crippen LogP contribution < -0.4 is 0 Å². The number of pyridine rings is 1. The fourth-order valence-corrected chi connectivity index (χ4v) is 3.55. The third-order valence-corrected chi connectivity index (χ3v) is 4.87. The second-order valence-corrected chi connectivity index (χ2v) is 7.10. The Morgan fingerprint density at radius 2 is 1.89 bits per heavy atom. The van der Waals surface area contributed by atoms with Gasteiger partial charge in [0.15, 0.2) is 5.78 Å². The minimum Gasteiger partial charge on any atom is -0.465 e. The maximum atomic E-state index is 13.1. The predicted molar refractivity (Wildman–Crippen MR) is 112 cm³/mol. The van der Waals surface area contributed by atoms with Gasteiger partial charge in [-0.25, -0.2) is 0 Å². The molecule has 0 bridgehead atoms. The van der Waals surface area contributed by atoms with Crippen molar-refractivity contribution in [1.82, 2.24) is 4.98 Å². The average Bonchev–Trinajstić information content (AvgIpc) is 3.20. The quantitative estimate of drug-likeness (QED) is 0.282. The lowest BCUT2D eigenvalue weighted by Crippen LogP contribution is -2.05. The first-order valence-corrected chi connectivity index (χ1v) is 9.34. The largest absolute Gasteiger partial charge is 0.465 e. The van der Waals surface area contributed by atoms with E-state index in [1.807, 2.05) is 61.5 Å². The molecule has 2 aromatic heterocycles. The second-order valence-electron chi connectivity index (χ2n) is 6.19. The van der Waals surface area contributed by atoms with Crippen molar-refractivity contribution in [2.75, 3.05) is 0 Å². The minimum atomic E-state index is -0.0999. The monoisotopic (exact) mass is 417 g/mol. The summed E-state index contributed by atoms with van der Waals surface area (Å²) in [6.07, 6.45) is 4.81. The smallest absolute Gasteiger partial charge is 0.188 e. The van der Waals surface area contributed by atoms with E-state index < -0.39 is 0 Å². The third-order valence-electron chi connectivity index (χ3n) is 4.38. The van der Waals surface area contributed by atoms with Crippen LogP contribution in [0.25, 0.3) is 28.1 Å². The number of halogens is 1. The number of aromatic nitrogens is 1. The lowest BCUT2D eigenvalue weighted by Gasteiger charge is -2.14. The average molecular weight is 418 g/mol. The highest BCUT2D eigenvalue weighted by atomic mass is 79.9. The Morgan fingerprint density at radius 3 is 2.63 bits per heavy atom. The molecule has 0 amide bonds. The Balaban J connectivity index is 1.96. The van der Waals surface area contributed by atoms with Gasteiger partial charge in [0.1, 0.15) is 5.76 Å². The van der Waals surface area contributed by atoms with Crippen LogP contribution in [0.3, 0.4) is 0 Å². The molecule has 0 fully saturated rings. The van der Waals surface area contributed by atoms with Gasteiger partial charge in [0, 0.05) is 21.1 Å². The van der Waals surface area contributed by atoms with Gasteiger partial charge < -0.3 is 4.42 Å². The number of aryl methyl sites for hydroxylation is 1. The molecule has 0 unspecified atom stereocenters. The van der Waals surface area contributed by atoms with Crippen LogP contribution in [0.1, 0.15) is 21.8 Å². The highest BCUT2D eigenvalue weighted by molar-refractivity contribution is 9.10. The van der Waals surface area contributed by atoms with E-state index in [1.54, 1.807) is 24.5 Å². The predicted octanol–water partition coefficient (Wildman–Crippen LogP) is 6.46. The van der Waals surface area contributed by atoms with Gasteiger partial charge in [-0.3, -0.25) is 9.78 Å². The highest BCUT2D eigenvalue weighted by Gasteiger charge is 2.19. The zero-order valence-corrected chi connectivity index (χ0v) is 16.2. The molecule has 0 saturated carbocycles. The van der Waals surface area contributed by atoms with Crippen molar-refractivity contribution in [2.24, 2.45) is 0 Å². The van der Waals surface area contributed by atoms with E-state index in [1.165, 1.54) is 0 Å². The molecule has 4 rings (SSSR count). The van der Waals surface area contributed by atoms with Crippen molar-refractivity contribution in [3.8, 4) is 11.1 Å². The Kier molecular flexibility index (Phi) is 4.73. The van der Waals surface area contributed by atoms with E-state index in [9.17, 15) is 4.79 Å². The van der Waals surface area contributed by atoms with E-state index in [0.29, 0.717) is 17.0 Å². The number of hydrogen-bond acceptors (Lipinski definition) is 3. The van der Waals surface area contributed by atoms with Crippen molar-refractivity contribution in [1.29, 1.82) is 0 Å². The zero-order valence-electron chi connectivity index (χ0n) is 14.6. The molecule has 27 heavy (non-hydrogen) atoms. The number of rotatable bonds is 4. The molecule has 0 spiro atoms. The third kappa shape index (κ3) is 3.49. The summed E-state index contributed by atoms with van der Waals surface area (Å²) >= 11 is 3.54. The molecule has 0 aliphatic carbocycles. The molecule has 2 aromatic carbocycles. The number of carbonyl (C=O) groups excluding carboxylic acids is 1. The van der Waals surface area contributed by atoms with E-state index >= 15 is 0 Å². The Hall–Kier alpha value is -2.98. The molecule has 132 valence electrons. The summed E-state index contributed by atoms with van der Waals surface area (Å²) in [6, 6.07) is 19.5. The Labute approximate surface area is 165 Å². The van der Waals surface area contributed by atoms with E-state index in [0.717, 1.165) is 26.5 Å².